The van der Waals surface area contributed by atoms with E-state index in [1.54, 1.807) is 10.7 Å². The number of anilines is 1. The first kappa shape index (κ1) is 19.8. The van der Waals surface area contributed by atoms with E-state index in [0.717, 1.165) is 24.5 Å². The highest BCUT2D eigenvalue weighted by molar-refractivity contribution is 5.91. The van der Waals surface area contributed by atoms with Crippen molar-refractivity contribution in [2.45, 2.75) is 13.8 Å². The molecule has 1 aliphatic rings. The highest BCUT2D eigenvalue weighted by atomic mass is 16.5. The van der Waals surface area contributed by atoms with Gasteiger partial charge in [0.2, 0.25) is 0 Å². The Morgan fingerprint density at radius 1 is 1.03 bits per heavy atom. The van der Waals surface area contributed by atoms with Gasteiger partial charge in [0.15, 0.2) is 23.4 Å². The van der Waals surface area contributed by atoms with Crippen molar-refractivity contribution in [3.63, 3.8) is 0 Å². The molecule has 1 aromatic carbocycles. The van der Waals surface area contributed by atoms with Crippen LogP contribution in [0.15, 0.2) is 59.1 Å². The highest BCUT2D eigenvalue weighted by Crippen LogP contribution is 2.30. The molecule has 0 atom stereocenters. The van der Waals surface area contributed by atoms with Gasteiger partial charge in [0.05, 0.1) is 24.6 Å². The SMILES string of the molecule is Cc1ccccc1.Cc1ccn(-c2cc(N3CCOCC3)c3oc(C=O)cc3n2)n1. The standard InChI is InChI=1S/C16H16N4O3.C7H8/c1-11-2-3-20(18-11)15-9-14(19-4-6-22-7-5-19)16-13(17-15)8-12(10-21)23-16;1-7-5-3-2-4-6-7/h2-3,8-10H,4-7H2,1H3;2-6H,1H3. The Bertz CT molecular complexity index is 1130. The second-order valence-corrected chi connectivity index (χ2v) is 7.14. The van der Waals surface area contributed by atoms with Gasteiger partial charge in [-0.15, -0.1) is 0 Å². The minimum atomic E-state index is 0.274. The molecule has 1 fully saturated rings. The lowest BCUT2D eigenvalue weighted by molar-refractivity contribution is 0.110. The molecule has 3 aromatic heterocycles. The van der Waals surface area contributed by atoms with Gasteiger partial charge < -0.3 is 14.1 Å². The summed E-state index contributed by atoms with van der Waals surface area (Å²) in [7, 11) is 0. The first-order chi connectivity index (χ1) is 14.6. The summed E-state index contributed by atoms with van der Waals surface area (Å²) in [6.07, 6.45) is 2.57. The number of ether oxygens (including phenoxy) is 1. The average Bonchev–Trinajstić information content (AvgIpc) is 3.40. The van der Waals surface area contributed by atoms with Crippen molar-refractivity contribution in [1.82, 2.24) is 14.8 Å². The minimum absolute atomic E-state index is 0.274. The number of carbonyl (C=O) groups is 1. The van der Waals surface area contributed by atoms with Crippen molar-refractivity contribution in [2.75, 3.05) is 31.2 Å². The van der Waals surface area contributed by atoms with Crippen molar-refractivity contribution in [3.8, 4) is 5.82 Å². The number of morpholine rings is 1. The van der Waals surface area contributed by atoms with Crippen LogP contribution in [-0.2, 0) is 4.74 Å². The molecule has 4 aromatic rings. The molecule has 0 aliphatic carbocycles. The number of pyridine rings is 1. The van der Waals surface area contributed by atoms with E-state index in [2.05, 4.69) is 34.0 Å². The first-order valence-corrected chi connectivity index (χ1v) is 9.91. The maximum Gasteiger partial charge on any atom is 0.185 e. The summed E-state index contributed by atoms with van der Waals surface area (Å²) in [6, 6.07) is 15.8. The summed E-state index contributed by atoms with van der Waals surface area (Å²) in [5.74, 6) is 0.973. The molecule has 4 heterocycles. The number of hydrogen-bond acceptors (Lipinski definition) is 6. The van der Waals surface area contributed by atoms with E-state index in [1.165, 1.54) is 5.56 Å². The quantitative estimate of drug-likeness (QED) is 0.481. The number of furan rings is 1. The number of aryl methyl sites for hydroxylation is 2. The van der Waals surface area contributed by atoms with Crippen LogP contribution in [0.4, 0.5) is 5.69 Å². The van der Waals surface area contributed by atoms with Gasteiger partial charge in [-0.1, -0.05) is 35.9 Å². The van der Waals surface area contributed by atoms with Crippen molar-refractivity contribution >= 4 is 23.1 Å². The van der Waals surface area contributed by atoms with Gasteiger partial charge in [-0.05, 0) is 19.9 Å². The van der Waals surface area contributed by atoms with Gasteiger partial charge in [0, 0.05) is 31.4 Å². The van der Waals surface area contributed by atoms with Gasteiger partial charge in [-0.2, -0.15) is 5.10 Å². The number of benzene rings is 1. The Hall–Kier alpha value is -3.45. The van der Waals surface area contributed by atoms with Crippen LogP contribution in [0.1, 0.15) is 21.8 Å². The largest absolute Gasteiger partial charge is 0.449 e. The van der Waals surface area contributed by atoms with Crippen molar-refractivity contribution in [1.29, 1.82) is 0 Å². The van der Waals surface area contributed by atoms with E-state index < -0.39 is 0 Å². The molecule has 1 aliphatic heterocycles. The van der Waals surface area contributed by atoms with E-state index in [0.29, 0.717) is 36.4 Å². The monoisotopic (exact) mass is 404 g/mol. The predicted molar refractivity (Wildman–Crippen MR) is 115 cm³/mol. The fourth-order valence-corrected chi connectivity index (χ4v) is 3.30. The Morgan fingerprint density at radius 2 is 1.80 bits per heavy atom. The molecule has 30 heavy (non-hydrogen) atoms. The zero-order valence-electron chi connectivity index (χ0n) is 17.1. The molecule has 0 amide bonds. The van der Waals surface area contributed by atoms with Crippen LogP contribution in [0.5, 0.6) is 0 Å². The van der Waals surface area contributed by atoms with Crippen LogP contribution in [0.3, 0.4) is 0 Å². The highest BCUT2D eigenvalue weighted by Gasteiger charge is 2.20. The van der Waals surface area contributed by atoms with Crippen LogP contribution in [0, 0.1) is 13.8 Å². The number of hydrogen-bond donors (Lipinski definition) is 0. The molecule has 5 rings (SSSR count). The van der Waals surface area contributed by atoms with Crippen LogP contribution in [0.2, 0.25) is 0 Å². The second kappa shape index (κ2) is 8.92. The third kappa shape index (κ3) is 4.41. The third-order valence-electron chi connectivity index (χ3n) is 4.83. The topological polar surface area (TPSA) is 73.4 Å². The summed E-state index contributed by atoms with van der Waals surface area (Å²) in [5.41, 5.74) is 4.43. The van der Waals surface area contributed by atoms with Crippen molar-refractivity contribution in [3.05, 3.63) is 71.7 Å². The smallest absolute Gasteiger partial charge is 0.185 e. The Morgan fingerprint density at radius 3 is 2.40 bits per heavy atom. The molecule has 0 radical (unpaired) electrons. The molecular weight excluding hydrogens is 380 g/mol. The maximum atomic E-state index is 11.0. The Labute approximate surface area is 174 Å². The molecule has 7 heteroatoms. The van der Waals surface area contributed by atoms with Crippen LogP contribution < -0.4 is 4.90 Å². The molecule has 154 valence electrons. The van der Waals surface area contributed by atoms with E-state index in [1.807, 2.05) is 43.5 Å². The van der Waals surface area contributed by atoms with Gasteiger partial charge in [0.25, 0.3) is 0 Å². The predicted octanol–water partition coefficient (Wildman–Crippen LogP) is 3.97. The van der Waals surface area contributed by atoms with Gasteiger partial charge in [0.1, 0.15) is 5.52 Å². The molecule has 7 nitrogen and oxygen atoms in total. The summed E-state index contributed by atoms with van der Waals surface area (Å²) >= 11 is 0. The lowest BCUT2D eigenvalue weighted by Crippen LogP contribution is -2.36. The van der Waals surface area contributed by atoms with Gasteiger partial charge in [-0.25, -0.2) is 9.67 Å². The van der Waals surface area contributed by atoms with Gasteiger partial charge in [-0.3, -0.25) is 4.79 Å². The van der Waals surface area contributed by atoms with Crippen LogP contribution in [-0.4, -0.2) is 47.4 Å². The van der Waals surface area contributed by atoms with Crippen LogP contribution >= 0.6 is 0 Å². The number of aldehydes is 1. The number of aromatic nitrogens is 3. The number of fused-ring (bicyclic) bond motifs is 1. The Kier molecular flexibility index (Phi) is 5.90. The zero-order valence-corrected chi connectivity index (χ0v) is 17.1. The van der Waals surface area contributed by atoms with E-state index in [-0.39, 0.29) is 5.76 Å². The fraction of sp³-hybridized carbons (Fsp3) is 0.261. The maximum absolute atomic E-state index is 11.0. The summed E-state index contributed by atoms with van der Waals surface area (Å²) < 4.78 is 12.8. The minimum Gasteiger partial charge on any atom is -0.449 e. The zero-order chi connectivity index (χ0) is 20.9. The lowest BCUT2D eigenvalue weighted by atomic mass is 10.2. The molecule has 0 bridgehead atoms. The molecule has 1 saturated heterocycles. The summed E-state index contributed by atoms with van der Waals surface area (Å²) in [6.45, 7) is 6.89. The van der Waals surface area contributed by atoms with Crippen molar-refractivity contribution < 1.29 is 13.9 Å². The van der Waals surface area contributed by atoms with Gasteiger partial charge >= 0.3 is 0 Å². The normalized spacial score (nSPS) is 13.7. The van der Waals surface area contributed by atoms with E-state index in [9.17, 15) is 4.79 Å². The lowest BCUT2D eigenvalue weighted by Gasteiger charge is -2.28. The van der Waals surface area contributed by atoms with E-state index in [4.69, 9.17) is 9.15 Å². The Balaban J connectivity index is 0.000000265. The first-order valence-electron chi connectivity index (χ1n) is 9.91. The van der Waals surface area contributed by atoms with E-state index >= 15 is 0 Å². The second-order valence-electron chi connectivity index (χ2n) is 7.14. The molecule has 0 saturated carbocycles. The number of rotatable bonds is 3. The van der Waals surface area contributed by atoms with Crippen molar-refractivity contribution in [2.24, 2.45) is 0 Å². The van der Waals surface area contributed by atoms with Crippen LogP contribution in [0.25, 0.3) is 16.9 Å². The number of carbonyl (C=O) groups excluding carboxylic acids is 1. The fourth-order valence-electron chi connectivity index (χ4n) is 3.30. The molecule has 0 spiro atoms. The number of nitrogens with zero attached hydrogens (tertiary/aromatic N) is 4. The molecular formula is C23H24N4O3. The third-order valence-corrected chi connectivity index (χ3v) is 4.83. The molecule has 0 N–H and O–H groups in total. The summed E-state index contributed by atoms with van der Waals surface area (Å²) in [4.78, 5) is 17.8. The summed E-state index contributed by atoms with van der Waals surface area (Å²) in [5, 5.41) is 4.41. The average molecular weight is 404 g/mol. The molecule has 0 unspecified atom stereocenters.